The SMILES string of the molecule is CC(=O)c1c(C=O)ccc(C(F)F)c1Br. The van der Waals surface area contributed by atoms with Gasteiger partial charge in [0.1, 0.15) is 0 Å². The van der Waals surface area contributed by atoms with Crippen LogP contribution in [-0.4, -0.2) is 12.1 Å². The number of alkyl halides is 2. The molecule has 80 valence electrons. The monoisotopic (exact) mass is 276 g/mol. The molecule has 0 atom stereocenters. The highest BCUT2D eigenvalue weighted by molar-refractivity contribution is 9.10. The standard InChI is InChI=1S/C10H7BrF2O2/c1-5(15)8-6(4-14)2-3-7(9(8)11)10(12)13/h2-4,10H,1H3. The van der Waals surface area contributed by atoms with Gasteiger partial charge in [0, 0.05) is 21.2 Å². The number of benzene rings is 1. The Morgan fingerprint density at radius 1 is 1.47 bits per heavy atom. The second-order valence-electron chi connectivity index (χ2n) is 2.91. The van der Waals surface area contributed by atoms with Gasteiger partial charge >= 0.3 is 0 Å². The lowest BCUT2D eigenvalue weighted by Gasteiger charge is -2.09. The zero-order valence-electron chi connectivity index (χ0n) is 7.76. The van der Waals surface area contributed by atoms with Crippen molar-refractivity contribution in [2.45, 2.75) is 13.3 Å². The van der Waals surface area contributed by atoms with E-state index in [0.29, 0.717) is 6.29 Å². The summed E-state index contributed by atoms with van der Waals surface area (Å²) in [5, 5.41) is 0. The molecule has 5 heteroatoms. The fourth-order valence-electron chi connectivity index (χ4n) is 1.23. The Kier molecular flexibility index (Phi) is 3.68. The molecule has 0 spiro atoms. The van der Waals surface area contributed by atoms with Crippen LogP contribution in [0.3, 0.4) is 0 Å². The number of ketones is 1. The van der Waals surface area contributed by atoms with Crippen molar-refractivity contribution in [2.24, 2.45) is 0 Å². The van der Waals surface area contributed by atoms with Gasteiger partial charge in [-0.3, -0.25) is 9.59 Å². The van der Waals surface area contributed by atoms with Gasteiger partial charge in [-0.2, -0.15) is 0 Å². The van der Waals surface area contributed by atoms with Crippen LogP contribution in [0.2, 0.25) is 0 Å². The molecule has 1 aromatic carbocycles. The van der Waals surface area contributed by atoms with Crippen molar-refractivity contribution in [3.8, 4) is 0 Å². The lowest BCUT2D eigenvalue weighted by molar-refractivity contribution is 0.100. The van der Waals surface area contributed by atoms with Crippen molar-refractivity contribution in [1.29, 1.82) is 0 Å². The van der Waals surface area contributed by atoms with Gasteiger partial charge in [-0.25, -0.2) is 8.78 Å². The lowest BCUT2D eigenvalue weighted by Crippen LogP contribution is -2.03. The van der Waals surface area contributed by atoms with Crippen LogP contribution in [0.4, 0.5) is 8.78 Å². The summed E-state index contributed by atoms with van der Waals surface area (Å²) in [5.41, 5.74) is -0.174. The summed E-state index contributed by atoms with van der Waals surface area (Å²) in [6.45, 7) is 1.22. The summed E-state index contributed by atoms with van der Waals surface area (Å²) in [6.07, 6.45) is -2.21. The zero-order valence-corrected chi connectivity index (χ0v) is 9.35. The molecule has 1 rings (SSSR count). The van der Waals surface area contributed by atoms with E-state index in [1.165, 1.54) is 13.0 Å². The van der Waals surface area contributed by atoms with Crippen molar-refractivity contribution in [2.75, 3.05) is 0 Å². The van der Waals surface area contributed by atoms with Crippen LogP contribution >= 0.6 is 15.9 Å². The van der Waals surface area contributed by atoms with E-state index in [0.717, 1.165) is 6.07 Å². The number of aldehydes is 1. The van der Waals surface area contributed by atoms with E-state index in [4.69, 9.17) is 0 Å². The van der Waals surface area contributed by atoms with Gasteiger partial charge in [-0.05, 0) is 22.9 Å². The van der Waals surface area contributed by atoms with Crippen LogP contribution in [0, 0.1) is 0 Å². The van der Waals surface area contributed by atoms with Gasteiger partial charge in [0.05, 0.1) is 0 Å². The summed E-state index contributed by atoms with van der Waals surface area (Å²) in [4.78, 5) is 21.8. The Labute approximate surface area is 93.4 Å². The number of carbonyl (C=O) groups is 2. The first-order valence-corrected chi connectivity index (χ1v) is 4.85. The number of carbonyl (C=O) groups excluding carboxylic acids is 2. The van der Waals surface area contributed by atoms with Gasteiger partial charge in [0.15, 0.2) is 12.1 Å². The smallest absolute Gasteiger partial charge is 0.264 e. The quantitative estimate of drug-likeness (QED) is 0.626. The van der Waals surface area contributed by atoms with Crippen molar-refractivity contribution in [1.82, 2.24) is 0 Å². The minimum absolute atomic E-state index is 0.00259. The molecule has 0 aliphatic carbocycles. The van der Waals surface area contributed by atoms with Crippen LogP contribution < -0.4 is 0 Å². The van der Waals surface area contributed by atoms with E-state index in [1.807, 2.05) is 0 Å². The Hall–Kier alpha value is -1.10. The number of halogens is 3. The molecule has 0 heterocycles. The highest BCUT2D eigenvalue weighted by atomic mass is 79.9. The molecule has 0 bridgehead atoms. The first kappa shape index (κ1) is 12.0. The highest BCUT2D eigenvalue weighted by Gasteiger charge is 2.19. The molecule has 15 heavy (non-hydrogen) atoms. The van der Waals surface area contributed by atoms with Crippen LogP contribution in [0.5, 0.6) is 0 Å². The predicted molar refractivity (Wildman–Crippen MR) is 54.5 cm³/mol. The second kappa shape index (κ2) is 4.61. The molecule has 0 N–H and O–H groups in total. The first-order chi connectivity index (χ1) is 6.99. The Bertz CT molecular complexity index is 416. The molecule has 0 radical (unpaired) electrons. The Morgan fingerprint density at radius 2 is 2.07 bits per heavy atom. The molecule has 0 aromatic heterocycles. The summed E-state index contributed by atoms with van der Waals surface area (Å²) >= 11 is 2.91. The predicted octanol–water partition coefficient (Wildman–Crippen LogP) is 3.40. The van der Waals surface area contributed by atoms with Crippen LogP contribution in [-0.2, 0) is 0 Å². The third-order valence-corrected chi connectivity index (χ3v) is 2.77. The molecule has 2 nitrogen and oxygen atoms in total. The Balaban J connectivity index is 3.49. The van der Waals surface area contributed by atoms with Crippen LogP contribution in [0.15, 0.2) is 16.6 Å². The minimum Gasteiger partial charge on any atom is -0.298 e. The third-order valence-electron chi connectivity index (χ3n) is 1.92. The zero-order chi connectivity index (χ0) is 11.6. The molecule has 0 saturated heterocycles. The van der Waals surface area contributed by atoms with Crippen molar-refractivity contribution >= 4 is 28.0 Å². The van der Waals surface area contributed by atoms with Crippen LogP contribution in [0.25, 0.3) is 0 Å². The van der Waals surface area contributed by atoms with E-state index < -0.39 is 12.2 Å². The minimum atomic E-state index is -2.68. The van der Waals surface area contributed by atoms with Crippen molar-refractivity contribution in [3.63, 3.8) is 0 Å². The van der Waals surface area contributed by atoms with E-state index in [-0.39, 0.29) is 21.2 Å². The van der Waals surface area contributed by atoms with Crippen molar-refractivity contribution < 1.29 is 18.4 Å². The van der Waals surface area contributed by atoms with E-state index in [1.54, 1.807) is 0 Å². The maximum absolute atomic E-state index is 12.5. The summed E-state index contributed by atoms with van der Waals surface area (Å²) in [6, 6.07) is 2.35. The van der Waals surface area contributed by atoms with Gasteiger partial charge in [0.2, 0.25) is 0 Å². The number of rotatable bonds is 3. The third kappa shape index (κ3) is 2.28. The maximum atomic E-state index is 12.5. The van der Waals surface area contributed by atoms with E-state index >= 15 is 0 Å². The van der Waals surface area contributed by atoms with E-state index in [9.17, 15) is 18.4 Å². The maximum Gasteiger partial charge on any atom is 0.264 e. The van der Waals surface area contributed by atoms with Gasteiger partial charge in [-0.15, -0.1) is 0 Å². The largest absolute Gasteiger partial charge is 0.298 e. The van der Waals surface area contributed by atoms with E-state index in [2.05, 4.69) is 15.9 Å². The number of Topliss-reactive ketones (excluding diaryl/α,β-unsaturated/α-hetero) is 1. The molecule has 0 unspecified atom stereocenters. The fraction of sp³-hybridized carbons (Fsp3) is 0.200. The Morgan fingerprint density at radius 3 is 2.47 bits per heavy atom. The van der Waals surface area contributed by atoms with Gasteiger partial charge in [-0.1, -0.05) is 12.1 Å². The molecule has 0 aliphatic rings. The molecule has 1 aromatic rings. The van der Waals surface area contributed by atoms with Crippen molar-refractivity contribution in [3.05, 3.63) is 33.3 Å². The topological polar surface area (TPSA) is 34.1 Å². The molecular formula is C10H7BrF2O2. The molecule has 0 amide bonds. The van der Waals surface area contributed by atoms with Gasteiger partial charge < -0.3 is 0 Å². The molecule has 0 fully saturated rings. The summed E-state index contributed by atoms with van der Waals surface area (Å²) in [5.74, 6) is -0.425. The fourth-order valence-corrected chi connectivity index (χ4v) is 2.04. The first-order valence-electron chi connectivity index (χ1n) is 4.05. The highest BCUT2D eigenvalue weighted by Crippen LogP contribution is 2.31. The number of hydrogen-bond donors (Lipinski definition) is 0. The lowest BCUT2D eigenvalue weighted by atomic mass is 10.0. The molecule has 0 saturated carbocycles. The summed E-state index contributed by atoms with van der Waals surface area (Å²) in [7, 11) is 0. The summed E-state index contributed by atoms with van der Waals surface area (Å²) < 4.78 is 24.9. The number of hydrogen-bond acceptors (Lipinski definition) is 2. The normalized spacial score (nSPS) is 10.5. The average Bonchev–Trinajstić information content (AvgIpc) is 2.15. The molecular weight excluding hydrogens is 270 g/mol. The van der Waals surface area contributed by atoms with Crippen LogP contribution in [0.1, 0.15) is 39.6 Å². The molecule has 0 aliphatic heterocycles. The second-order valence-corrected chi connectivity index (χ2v) is 3.70. The van der Waals surface area contributed by atoms with Gasteiger partial charge in [0.25, 0.3) is 6.43 Å². The average molecular weight is 277 g/mol.